The molecule has 1 aliphatic heterocycles. The zero-order valence-corrected chi connectivity index (χ0v) is 19.6. The maximum Gasteiger partial charge on any atom is 0.247 e. The van der Waals surface area contributed by atoms with Crippen LogP contribution in [0.4, 0.5) is 0 Å². The van der Waals surface area contributed by atoms with E-state index in [1.807, 2.05) is 47.4 Å². The Morgan fingerprint density at radius 3 is 2.45 bits per heavy atom. The first-order valence-electron chi connectivity index (χ1n) is 11.6. The number of ether oxygens (including phenoxy) is 3. The predicted octanol–water partition coefficient (Wildman–Crippen LogP) is 4.62. The molecule has 33 heavy (non-hydrogen) atoms. The minimum absolute atomic E-state index is 0.0202. The molecule has 2 fully saturated rings. The molecule has 1 aliphatic carbocycles. The van der Waals surface area contributed by atoms with E-state index in [4.69, 9.17) is 14.2 Å². The van der Waals surface area contributed by atoms with Crippen LogP contribution in [0.1, 0.15) is 49.3 Å². The fourth-order valence-electron chi connectivity index (χ4n) is 5.36. The Hall–Kier alpha value is -2.99. The van der Waals surface area contributed by atoms with E-state index in [1.165, 1.54) is 0 Å². The number of piperidine rings is 1. The van der Waals surface area contributed by atoms with Gasteiger partial charge in [0, 0.05) is 18.5 Å². The van der Waals surface area contributed by atoms with Crippen molar-refractivity contribution in [2.75, 3.05) is 27.9 Å². The van der Waals surface area contributed by atoms with E-state index in [0.29, 0.717) is 24.5 Å². The molecule has 176 valence electrons. The highest BCUT2D eigenvalue weighted by Crippen LogP contribution is 2.49. The average Bonchev–Trinajstić information content (AvgIpc) is 2.86. The van der Waals surface area contributed by atoms with Crippen LogP contribution in [-0.2, 0) is 4.79 Å². The van der Waals surface area contributed by atoms with Crippen molar-refractivity contribution in [2.24, 2.45) is 5.92 Å². The normalized spacial score (nSPS) is 24.9. The molecule has 2 aromatic carbocycles. The van der Waals surface area contributed by atoms with E-state index in [2.05, 4.69) is 0 Å². The van der Waals surface area contributed by atoms with Crippen molar-refractivity contribution in [3.05, 3.63) is 59.7 Å². The summed E-state index contributed by atoms with van der Waals surface area (Å²) in [5.41, 5.74) is 1.18. The largest absolute Gasteiger partial charge is 0.497 e. The molecule has 6 heteroatoms. The Balaban J connectivity index is 1.62. The first kappa shape index (κ1) is 23.2. The number of carbonyl (C=O) groups is 1. The summed E-state index contributed by atoms with van der Waals surface area (Å²) in [6, 6.07) is 13.3. The van der Waals surface area contributed by atoms with Gasteiger partial charge >= 0.3 is 0 Å². The summed E-state index contributed by atoms with van der Waals surface area (Å²) in [4.78, 5) is 15.3. The standard InChI is InChI=1S/C27H33NO5/c1-31-21-11-9-20(10-12-21)26-22-6-4-5-15-27(22,30)16-17-28(26)25(29)14-8-19-7-13-23(32-2)24(18-19)33-3/h7-14,18,22,26,30H,4-6,15-17H2,1-3H3/t22?,26-,27?/m0/s1. The molecule has 2 aromatic rings. The first-order valence-corrected chi connectivity index (χ1v) is 11.6. The lowest BCUT2D eigenvalue weighted by molar-refractivity contribution is -0.150. The summed E-state index contributed by atoms with van der Waals surface area (Å²) in [6.07, 6.45) is 7.85. The Morgan fingerprint density at radius 1 is 1.00 bits per heavy atom. The number of methoxy groups -OCH3 is 3. The number of likely N-dealkylation sites (tertiary alicyclic amines) is 1. The third-order valence-corrected chi connectivity index (χ3v) is 7.13. The van der Waals surface area contributed by atoms with Crippen LogP contribution < -0.4 is 14.2 Å². The van der Waals surface area contributed by atoms with E-state index < -0.39 is 5.60 Å². The summed E-state index contributed by atoms with van der Waals surface area (Å²) in [5, 5.41) is 11.4. The quantitative estimate of drug-likeness (QED) is 0.649. The molecule has 1 N–H and O–H groups in total. The highest BCUT2D eigenvalue weighted by molar-refractivity contribution is 5.92. The van der Waals surface area contributed by atoms with E-state index >= 15 is 0 Å². The second-order valence-electron chi connectivity index (χ2n) is 8.90. The summed E-state index contributed by atoms with van der Waals surface area (Å²) in [5.74, 6) is 2.01. The number of hydrogen-bond acceptors (Lipinski definition) is 5. The lowest BCUT2D eigenvalue weighted by Crippen LogP contribution is -2.56. The zero-order valence-electron chi connectivity index (χ0n) is 19.6. The van der Waals surface area contributed by atoms with Gasteiger partial charge in [-0.15, -0.1) is 0 Å². The maximum atomic E-state index is 13.4. The van der Waals surface area contributed by atoms with Crippen molar-refractivity contribution in [1.29, 1.82) is 0 Å². The number of nitrogens with zero attached hydrogens (tertiary/aromatic N) is 1. The number of fused-ring (bicyclic) bond motifs is 1. The van der Waals surface area contributed by atoms with Gasteiger partial charge in [-0.3, -0.25) is 4.79 Å². The summed E-state index contributed by atoms with van der Waals surface area (Å²) in [7, 11) is 4.83. The third-order valence-electron chi connectivity index (χ3n) is 7.13. The molecule has 0 spiro atoms. The minimum atomic E-state index is -0.716. The van der Waals surface area contributed by atoms with E-state index in [9.17, 15) is 9.90 Å². The number of amides is 1. The van der Waals surface area contributed by atoms with Crippen LogP contribution in [0, 0.1) is 5.92 Å². The van der Waals surface area contributed by atoms with E-state index in [0.717, 1.165) is 42.6 Å². The van der Waals surface area contributed by atoms with Gasteiger partial charge in [0.1, 0.15) is 5.75 Å². The number of rotatable bonds is 6. The molecule has 1 heterocycles. The molecule has 0 aromatic heterocycles. The second kappa shape index (κ2) is 9.87. The van der Waals surface area contributed by atoms with Gasteiger partial charge in [-0.05, 0) is 60.7 Å². The lowest BCUT2D eigenvalue weighted by atomic mass is 9.66. The monoisotopic (exact) mass is 451 g/mol. The molecular weight excluding hydrogens is 418 g/mol. The topological polar surface area (TPSA) is 68.2 Å². The van der Waals surface area contributed by atoms with Gasteiger partial charge in [0.25, 0.3) is 0 Å². The molecule has 0 bridgehead atoms. The molecule has 2 unspecified atom stereocenters. The molecule has 1 saturated carbocycles. The fraction of sp³-hybridized carbons (Fsp3) is 0.444. The molecule has 1 saturated heterocycles. The van der Waals surface area contributed by atoms with E-state index in [1.54, 1.807) is 33.5 Å². The Morgan fingerprint density at radius 2 is 1.76 bits per heavy atom. The fourth-order valence-corrected chi connectivity index (χ4v) is 5.36. The average molecular weight is 452 g/mol. The first-order chi connectivity index (χ1) is 16.0. The third kappa shape index (κ3) is 4.71. The maximum absolute atomic E-state index is 13.4. The van der Waals surface area contributed by atoms with Crippen LogP contribution in [0.15, 0.2) is 48.5 Å². The molecule has 1 amide bonds. The number of aliphatic hydroxyl groups is 1. The second-order valence-corrected chi connectivity index (χ2v) is 8.90. The van der Waals surface area contributed by atoms with Crippen LogP contribution in [0.25, 0.3) is 6.08 Å². The minimum Gasteiger partial charge on any atom is -0.497 e. The van der Waals surface area contributed by atoms with Crippen molar-refractivity contribution in [2.45, 2.75) is 43.7 Å². The number of carbonyl (C=O) groups excluding carboxylic acids is 1. The van der Waals surface area contributed by atoms with Crippen LogP contribution in [0.2, 0.25) is 0 Å². The number of benzene rings is 2. The van der Waals surface area contributed by atoms with Crippen molar-refractivity contribution in [3.8, 4) is 17.2 Å². The molecule has 4 rings (SSSR count). The summed E-state index contributed by atoms with van der Waals surface area (Å²) in [6.45, 7) is 0.527. The van der Waals surface area contributed by atoms with Crippen LogP contribution in [-0.4, -0.2) is 49.4 Å². The smallest absolute Gasteiger partial charge is 0.247 e. The molecule has 3 atom stereocenters. The van der Waals surface area contributed by atoms with E-state index in [-0.39, 0.29) is 17.9 Å². The lowest BCUT2D eigenvalue weighted by Gasteiger charge is -2.52. The molecule has 0 radical (unpaired) electrons. The van der Waals surface area contributed by atoms with Gasteiger partial charge in [0.05, 0.1) is 33.0 Å². The Bertz CT molecular complexity index is 1000. The van der Waals surface area contributed by atoms with Crippen molar-refractivity contribution < 1.29 is 24.1 Å². The van der Waals surface area contributed by atoms with Crippen molar-refractivity contribution in [1.82, 2.24) is 4.90 Å². The van der Waals surface area contributed by atoms with Crippen LogP contribution in [0.5, 0.6) is 17.2 Å². The molecule has 6 nitrogen and oxygen atoms in total. The van der Waals surface area contributed by atoms with Gasteiger partial charge in [0.15, 0.2) is 11.5 Å². The van der Waals surface area contributed by atoms with Crippen LogP contribution >= 0.6 is 0 Å². The van der Waals surface area contributed by atoms with Gasteiger partial charge in [-0.25, -0.2) is 0 Å². The Labute approximate surface area is 195 Å². The number of hydrogen-bond donors (Lipinski definition) is 1. The Kier molecular flexibility index (Phi) is 6.94. The highest BCUT2D eigenvalue weighted by Gasteiger charge is 2.49. The van der Waals surface area contributed by atoms with Gasteiger partial charge < -0.3 is 24.2 Å². The van der Waals surface area contributed by atoms with Gasteiger partial charge in [-0.2, -0.15) is 0 Å². The summed E-state index contributed by atoms with van der Waals surface area (Å²) >= 11 is 0. The zero-order chi connectivity index (χ0) is 23.4. The van der Waals surface area contributed by atoms with Crippen molar-refractivity contribution >= 4 is 12.0 Å². The predicted molar refractivity (Wildman–Crippen MR) is 128 cm³/mol. The highest BCUT2D eigenvalue weighted by atomic mass is 16.5. The van der Waals surface area contributed by atoms with Gasteiger partial charge in [0.2, 0.25) is 5.91 Å². The summed E-state index contributed by atoms with van der Waals surface area (Å²) < 4.78 is 16.0. The molecular formula is C27H33NO5. The molecule has 2 aliphatic rings. The van der Waals surface area contributed by atoms with Crippen LogP contribution in [0.3, 0.4) is 0 Å². The van der Waals surface area contributed by atoms with Gasteiger partial charge in [-0.1, -0.05) is 31.0 Å². The SMILES string of the molecule is COc1ccc([C@H]2C3CCCCC3(O)CCN2C(=O)C=Cc2ccc(OC)c(OC)c2)cc1. The van der Waals surface area contributed by atoms with Crippen molar-refractivity contribution in [3.63, 3.8) is 0 Å².